The highest BCUT2D eigenvalue weighted by molar-refractivity contribution is 5.94. The average molecular weight is 203 g/mol. The molecule has 0 bridgehead atoms. The third kappa shape index (κ3) is 2.25. The summed E-state index contributed by atoms with van der Waals surface area (Å²) in [5.74, 6) is -0.0287. The third-order valence-electron chi connectivity index (χ3n) is 2.40. The fraction of sp³-hybridized carbons (Fsp3) is 0.250. The Balaban J connectivity index is 2.12. The molecule has 0 aromatic heterocycles. The van der Waals surface area contributed by atoms with E-state index in [1.165, 1.54) is 0 Å². The van der Waals surface area contributed by atoms with E-state index in [-0.39, 0.29) is 5.91 Å². The molecule has 0 fully saturated rings. The second-order valence-electron chi connectivity index (χ2n) is 3.57. The molecule has 0 radical (unpaired) electrons. The van der Waals surface area contributed by atoms with Crippen molar-refractivity contribution < 1.29 is 9.90 Å². The lowest BCUT2D eigenvalue weighted by Crippen LogP contribution is -2.39. The monoisotopic (exact) mass is 203 g/mol. The second-order valence-corrected chi connectivity index (χ2v) is 3.57. The molecule has 1 atom stereocenters. The van der Waals surface area contributed by atoms with Crippen molar-refractivity contribution in [3.8, 4) is 0 Å². The smallest absolute Gasteiger partial charge is 0.254 e. The van der Waals surface area contributed by atoms with Gasteiger partial charge in [0.15, 0.2) is 0 Å². The van der Waals surface area contributed by atoms with Gasteiger partial charge in [-0.1, -0.05) is 30.4 Å². The van der Waals surface area contributed by atoms with Gasteiger partial charge in [0, 0.05) is 12.1 Å². The molecule has 78 valence electrons. The molecule has 1 aromatic carbocycles. The predicted octanol–water partition coefficient (Wildman–Crippen LogP) is 1.06. The number of carbonyl (C=O) groups excluding carboxylic acids is 1. The Bertz CT molecular complexity index is 372. The standard InChI is InChI=1S/C12H13NO2/c14-11-7-4-8-13(9-11)12(15)10-5-2-1-3-6-10/h1-7,11,14H,8-9H2. The molecule has 1 amide bonds. The van der Waals surface area contributed by atoms with Crippen LogP contribution >= 0.6 is 0 Å². The largest absolute Gasteiger partial charge is 0.387 e. The van der Waals surface area contributed by atoms with Crippen LogP contribution in [0.25, 0.3) is 0 Å². The number of amides is 1. The molecule has 0 aliphatic carbocycles. The van der Waals surface area contributed by atoms with Crippen molar-refractivity contribution in [2.24, 2.45) is 0 Å². The number of aliphatic hydroxyl groups is 1. The van der Waals surface area contributed by atoms with Gasteiger partial charge in [-0.3, -0.25) is 4.79 Å². The molecule has 2 rings (SSSR count). The van der Waals surface area contributed by atoms with Crippen LogP contribution in [0.15, 0.2) is 42.5 Å². The van der Waals surface area contributed by atoms with Gasteiger partial charge in [0.1, 0.15) is 0 Å². The fourth-order valence-corrected chi connectivity index (χ4v) is 1.64. The topological polar surface area (TPSA) is 40.5 Å². The predicted molar refractivity (Wildman–Crippen MR) is 57.5 cm³/mol. The van der Waals surface area contributed by atoms with E-state index in [1.54, 1.807) is 23.1 Å². The highest BCUT2D eigenvalue weighted by atomic mass is 16.3. The minimum atomic E-state index is -0.536. The Kier molecular flexibility index (Phi) is 2.83. The molecule has 1 aliphatic rings. The molecule has 3 nitrogen and oxygen atoms in total. The molecular weight excluding hydrogens is 190 g/mol. The van der Waals surface area contributed by atoms with Crippen LogP contribution in [0.5, 0.6) is 0 Å². The number of rotatable bonds is 1. The van der Waals surface area contributed by atoms with Crippen molar-refractivity contribution in [2.45, 2.75) is 6.10 Å². The first kappa shape index (κ1) is 9.93. The first-order valence-electron chi connectivity index (χ1n) is 4.96. The van der Waals surface area contributed by atoms with Gasteiger partial charge in [-0.25, -0.2) is 0 Å². The van der Waals surface area contributed by atoms with Crippen molar-refractivity contribution in [1.29, 1.82) is 0 Å². The third-order valence-corrected chi connectivity index (χ3v) is 2.40. The summed E-state index contributed by atoms with van der Waals surface area (Å²) in [6, 6.07) is 9.12. The van der Waals surface area contributed by atoms with E-state index in [4.69, 9.17) is 0 Å². The summed E-state index contributed by atoms with van der Waals surface area (Å²) in [7, 11) is 0. The van der Waals surface area contributed by atoms with Crippen LogP contribution in [-0.2, 0) is 0 Å². The summed E-state index contributed by atoms with van der Waals surface area (Å²) in [4.78, 5) is 13.6. The number of hydrogen-bond donors (Lipinski definition) is 1. The lowest BCUT2D eigenvalue weighted by molar-refractivity contribution is 0.0680. The molecule has 1 aliphatic heterocycles. The molecule has 1 N–H and O–H groups in total. The number of benzene rings is 1. The molecule has 0 spiro atoms. The lowest BCUT2D eigenvalue weighted by Gasteiger charge is -2.26. The minimum Gasteiger partial charge on any atom is -0.387 e. The van der Waals surface area contributed by atoms with Crippen molar-refractivity contribution in [2.75, 3.05) is 13.1 Å². The number of hydrogen-bond acceptors (Lipinski definition) is 2. The summed E-state index contributed by atoms with van der Waals surface area (Å²) in [5, 5.41) is 9.39. The number of β-amino-alcohol motifs (C(OH)–C–C–N with tert-alkyl or cyclic N) is 1. The zero-order valence-electron chi connectivity index (χ0n) is 8.34. The van der Waals surface area contributed by atoms with Gasteiger partial charge in [-0.05, 0) is 12.1 Å². The first-order valence-corrected chi connectivity index (χ1v) is 4.96. The van der Waals surface area contributed by atoms with Crippen LogP contribution in [0.4, 0.5) is 0 Å². The summed E-state index contributed by atoms with van der Waals surface area (Å²) < 4.78 is 0. The van der Waals surface area contributed by atoms with Gasteiger partial charge < -0.3 is 10.0 Å². The lowest BCUT2D eigenvalue weighted by atomic mass is 10.1. The van der Waals surface area contributed by atoms with Crippen molar-refractivity contribution in [1.82, 2.24) is 4.90 Å². The van der Waals surface area contributed by atoms with E-state index < -0.39 is 6.10 Å². The maximum Gasteiger partial charge on any atom is 0.254 e. The molecule has 3 heteroatoms. The summed E-state index contributed by atoms with van der Waals surface area (Å²) in [5.41, 5.74) is 0.667. The van der Waals surface area contributed by atoms with Crippen LogP contribution in [0, 0.1) is 0 Å². The fourth-order valence-electron chi connectivity index (χ4n) is 1.64. The van der Waals surface area contributed by atoms with Gasteiger partial charge >= 0.3 is 0 Å². The van der Waals surface area contributed by atoms with Crippen molar-refractivity contribution in [3.63, 3.8) is 0 Å². The van der Waals surface area contributed by atoms with Gasteiger partial charge in [0.05, 0.1) is 12.6 Å². The molecule has 15 heavy (non-hydrogen) atoms. The molecule has 1 heterocycles. The number of aliphatic hydroxyl groups excluding tert-OH is 1. The minimum absolute atomic E-state index is 0.0287. The molecule has 0 saturated heterocycles. The summed E-state index contributed by atoms with van der Waals surface area (Å²) >= 11 is 0. The van der Waals surface area contributed by atoms with Crippen LogP contribution in [-0.4, -0.2) is 35.1 Å². The highest BCUT2D eigenvalue weighted by Crippen LogP contribution is 2.08. The van der Waals surface area contributed by atoms with E-state index in [2.05, 4.69) is 0 Å². The molecular formula is C12H13NO2. The van der Waals surface area contributed by atoms with E-state index in [0.29, 0.717) is 18.7 Å². The second kappa shape index (κ2) is 4.28. The summed E-state index contributed by atoms with van der Waals surface area (Å²) in [6.07, 6.45) is 3.00. The zero-order valence-corrected chi connectivity index (χ0v) is 8.34. The SMILES string of the molecule is O=C(c1ccccc1)N1CC=CC(O)C1. The van der Waals surface area contributed by atoms with E-state index >= 15 is 0 Å². The maximum absolute atomic E-state index is 11.9. The van der Waals surface area contributed by atoms with Crippen LogP contribution in [0.2, 0.25) is 0 Å². The quantitative estimate of drug-likeness (QED) is 0.693. The van der Waals surface area contributed by atoms with Crippen LogP contribution in [0.1, 0.15) is 10.4 Å². The average Bonchev–Trinajstić information content (AvgIpc) is 2.29. The van der Waals surface area contributed by atoms with Gasteiger partial charge in [0.25, 0.3) is 5.91 Å². The Morgan fingerprint density at radius 1 is 1.33 bits per heavy atom. The van der Waals surface area contributed by atoms with Gasteiger partial charge in [-0.15, -0.1) is 0 Å². The van der Waals surface area contributed by atoms with Crippen molar-refractivity contribution >= 4 is 5.91 Å². The Labute approximate surface area is 88.6 Å². The van der Waals surface area contributed by atoms with Gasteiger partial charge in [0.2, 0.25) is 0 Å². The maximum atomic E-state index is 11.9. The molecule has 0 saturated carbocycles. The first-order chi connectivity index (χ1) is 7.27. The normalized spacial score (nSPS) is 20.3. The van der Waals surface area contributed by atoms with Crippen LogP contribution in [0.3, 0.4) is 0 Å². The van der Waals surface area contributed by atoms with E-state index in [0.717, 1.165) is 0 Å². The van der Waals surface area contributed by atoms with Crippen LogP contribution < -0.4 is 0 Å². The zero-order chi connectivity index (χ0) is 10.7. The number of nitrogens with zero attached hydrogens (tertiary/aromatic N) is 1. The molecule has 1 unspecified atom stereocenters. The molecule has 1 aromatic rings. The summed E-state index contributed by atoms with van der Waals surface area (Å²) in [6.45, 7) is 0.953. The number of carbonyl (C=O) groups is 1. The Hall–Kier alpha value is -1.61. The van der Waals surface area contributed by atoms with Gasteiger partial charge in [-0.2, -0.15) is 0 Å². The Morgan fingerprint density at radius 3 is 2.73 bits per heavy atom. The van der Waals surface area contributed by atoms with E-state index in [9.17, 15) is 9.90 Å². The van der Waals surface area contributed by atoms with Crippen molar-refractivity contribution in [3.05, 3.63) is 48.0 Å². The highest BCUT2D eigenvalue weighted by Gasteiger charge is 2.19. The van der Waals surface area contributed by atoms with E-state index in [1.807, 2.05) is 24.3 Å². The Morgan fingerprint density at radius 2 is 2.07 bits per heavy atom.